The number of oxime groups is 1. The Morgan fingerprint density at radius 1 is 1.21 bits per heavy atom. The van der Waals surface area contributed by atoms with Crippen molar-refractivity contribution in [1.29, 1.82) is 0 Å². The first-order valence-corrected chi connectivity index (χ1v) is 6.01. The molecule has 0 saturated carbocycles. The molecule has 0 saturated heterocycles. The number of fused-ring (bicyclic) bond motifs is 1. The number of carbonyl (C=O) groups is 1. The molecule has 0 heterocycles. The minimum Gasteiger partial charge on any atom is -0.464 e. The first-order chi connectivity index (χ1) is 9.24. The molecule has 0 aliphatic rings. The Hall–Kier alpha value is -2.36. The third-order valence-electron chi connectivity index (χ3n) is 3.01. The van der Waals surface area contributed by atoms with E-state index in [-0.39, 0.29) is 5.71 Å². The summed E-state index contributed by atoms with van der Waals surface area (Å²) in [6, 6.07) is 14.2. The third-order valence-corrected chi connectivity index (χ3v) is 3.01. The van der Waals surface area contributed by atoms with Gasteiger partial charge in [-0.15, -0.1) is 0 Å². The first kappa shape index (κ1) is 13.1. The Bertz CT molecular complexity index is 620. The van der Waals surface area contributed by atoms with Crippen LogP contribution in [0.15, 0.2) is 47.6 Å². The van der Waals surface area contributed by atoms with Crippen LogP contribution in [0, 0.1) is 0 Å². The van der Waals surface area contributed by atoms with E-state index in [9.17, 15) is 4.79 Å². The van der Waals surface area contributed by atoms with Crippen LogP contribution in [0.2, 0.25) is 0 Å². The summed E-state index contributed by atoms with van der Waals surface area (Å²) in [6.07, 6.45) is 0.973. The zero-order valence-corrected chi connectivity index (χ0v) is 10.7. The normalized spacial score (nSPS) is 11.5. The molecule has 1 N–H and O–H groups in total. The molecule has 4 heteroatoms. The van der Waals surface area contributed by atoms with Gasteiger partial charge in [-0.2, -0.15) is 0 Å². The predicted octanol–water partition coefficient (Wildman–Crippen LogP) is 2.78. The molecule has 0 aliphatic carbocycles. The fourth-order valence-corrected chi connectivity index (χ4v) is 1.97. The number of benzene rings is 2. The van der Waals surface area contributed by atoms with Crippen LogP contribution >= 0.6 is 0 Å². The molecule has 0 radical (unpaired) electrons. The summed E-state index contributed by atoms with van der Waals surface area (Å²) in [5, 5.41) is 14.1. The average molecular weight is 257 g/mol. The minimum absolute atomic E-state index is 0.0376. The standard InChI is InChI=1S/C15H15NO3/c1-19-15(17)14(16-18)9-7-11-6-8-12-4-2-3-5-13(12)10-11/h2-6,8,10,18H,7,9H2,1H3. The number of nitrogens with zero attached hydrogens (tertiary/aromatic N) is 1. The lowest BCUT2D eigenvalue weighted by Crippen LogP contribution is -2.16. The highest BCUT2D eigenvalue weighted by Crippen LogP contribution is 2.16. The SMILES string of the molecule is COC(=O)C(CCc1ccc2ccccc2c1)=NO. The predicted molar refractivity (Wildman–Crippen MR) is 73.5 cm³/mol. The van der Waals surface area contributed by atoms with Gasteiger partial charge in [0.2, 0.25) is 0 Å². The molecule has 0 atom stereocenters. The Labute approximate surface area is 111 Å². The molecule has 0 amide bonds. The van der Waals surface area contributed by atoms with Crippen molar-refractivity contribution in [2.45, 2.75) is 12.8 Å². The van der Waals surface area contributed by atoms with Crippen LogP contribution in [0.4, 0.5) is 0 Å². The largest absolute Gasteiger partial charge is 0.464 e. The quantitative estimate of drug-likeness (QED) is 0.396. The summed E-state index contributed by atoms with van der Waals surface area (Å²) >= 11 is 0. The fourth-order valence-electron chi connectivity index (χ4n) is 1.97. The van der Waals surface area contributed by atoms with Gasteiger partial charge in [0, 0.05) is 6.42 Å². The number of rotatable bonds is 4. The van der Waals surface area contributed by atoms with Crippen molar-refractivity contribution in [3.8, 4) is 0 Å². The van der Waals surface area contributed by atoms with Gasteiger partial charge in [-0.25, -0.2) is 4.79 Å². The molecule has 4 nitrogen and oxygen atoms in total. The lowest BCUT2D eigenvalue weighted by molar-refractivity contribution is -0.133. The maximum atomic E-state index is 11.3. The van der Waals surface area contributed by atoms with Gasteiger partial charge in [-0.1, -0.05) is 47.6 Å². The van der Waals surface area contributed by atoms with Gasteiger partial charge in [0.05, 0.1) is 7.11 Å². The molecule has 2 rings (SSSR count). The second-order valence-electron chi connectivity index (χ2n) is 4.22. The number of hydrogen-bond acceptors (Lipinski definition) is 4. The van der Waals surface area contributed by atoms with Crippen LogP contribution in [-0.2, 0) is 16.0 Å². The molecule has 0 fully saturated rings. The summed E-state index contributed by atoms with van der Waals surface area (Å²) < 4.78 is 4.53. The number of hydrogen-bond donors (Lipinski definition) is 1. The van der Waals surface area contributed by atoms with Crippen molar-refractivity contribution >= 4 is 22.5 Å². The van der Waals surface area contributed by atoms with Crippen molar-refractivity contribution in [2.24, 2.45) is 5.16 Å². The van der Waals surface area contributed by atoms with Gasteiger partial charge in [0.25, 0.3) is 0 Å². The van der Waals surface area contributed by atoms with E-state index in [4.69, 9.17) is 5.21 Å². The number of methoxy groups -OCH3 is 1. The van der Waals surface area contributed by atoms with Gasteiger partial charge in [-0.3, -0.25) is 0 Å². The van der Waals surface area contributed by atoms with Gasteiger partial charge in [0.15, 0.2) is 5.71 Å². The van der Waals surface area contributed by atoms with E-state index < -0.39 is 5.97 Å². The first-order valence-electron chi connectivity index (χ1n) is 6.01. The van der Waals surface area contributed by atoms with Gasteiger partial charge >= 0.3 is 5.97 Å². The van der Waals surface area contributed by atoms with E-state index in [1.807, 2.05) is 36.4 Å². The van der Waals surface area contributed by atoms with Crippen molar-refractivity contribution < 1.29 is 14.7 Å². The van der Waals surface area contributed by atoms with Gasteiger partial charge in [-0.05, 0) is 22.8 Å². The molecule has 0 aliphatic heterocycles. The summed E-state index contributed by atoms with van der Waals surface area (Å²) in [5.41, 5.74) is 1.12. The van der Waals surface area contributed by atoms with Crippen LogP contribution in [0.5, 0.6) is 0 Å². The maximum absolute atomic E-state index is 11.3. The Balaban J connectivity index is 2.11. The van der Waals surface area contributed by atoms with Crippen molar-refractivity contribution in [1.82, 2.24) is 0 Å². The highest BCUT2D eigenvalue weighted by atomic mass is 16.5. The molecule has 19 heavy (non-hydrogen) atoms. The summed E-state index contributed by atoms with van der Waals surface area (Å²) in [7, 11) is 1.27. The van der Waals surface area contributed by atoms with Crippen LogP contribution in [-0.4, -0.2) is 24.0 Å². The number of carbonyl (C=O) groups excluding carboxylic acids is 1. The molecule has 0 spiro atoms. The van der Waals surface area contributed by atoms with E-state index in [1.165, 1.54) is 12.5 Å². The maximum Gasteiger partial charge on any atom is 0.355 e. The zero-order chi connectivity index (χ0) is 13.7. The monoisotopic (exact) mass is 257 g/mol. The lowest BCUT2D eigenvalue weighted by Gasteiger charge is -2.04. The minimum atomic E-state index is -0.594. The van der Waals surface area contributed by atoms with Crippen molar-refractivity contribution in [3.63, 3.8) is 0 Å². The zero-order valence-electron chi connectivity index (χ0n) is 10.7. The lowest BCUT2D eigenvalue weighted by atomic mass is 10.0. The highest BCUT2D eigenvalue weighted by molar-refractivity contribution is 6.36. The number of ether oxygens (including phenoxy) is 1. The van der Waals surface area contributed by atoms with E-state index in [0.29, 0.717) is 12.8 Å². The van der Waals surface area contributed by atoms with E-state index in [0.717, 1.165) is 10.9 Å². The molecule has 2 aromatic rings. The average Bonchev–Trinajstić information content (AvgIpc) is 2.47. The van der Waals surface area contributed by atoms with E-state index >= 15 is 0 Å². The van der Waals surface area contributed by atoms with Gasteiger partial charge in [0.1, 0.15) is 0 Å². The van der Waals surface area contributed by atoms with Crippen molar-refractivity contribution in [3.05, 3.63) is 48.0 Å². The van der Waals surface area contributed by atoms with Crippen LogP contribution in [0.3, 0.4) is 0 Å². The highest BCUT2D eigenvalue weighted by Gasteiger charge is 2.12. The number of aryl methyl sites for hydroxylation is 1. The summed E-state index contributed by atoms with van der Waals surface area (Å²) in [6.45, 7) is 0. The molecular weight excluding hydrogens is 242 g/mol. The smallest absolute Gasteiger partial charge is 0.355 e. The second kappa shape index (κ2) is 6.00. The Morgan fingerprint density at radius 3 is 2.63 bits per heavy atom. The van der Waals surface area contributed by atoms with Crippen molar-refractivity contribution in [2.75, 3.05) is 7.11 Å². The third kappa shape index (κ3) is 3.10. The van der Waals surface area contributed by atoms with E-state index in [2.05, 4.69) is 16.0 Å². The fraction of sp³-hybridized carbons (Fsp3) is 0.200. The topological polar surface area (TPSA) is 58.9 Å². The molecule has 0 aromatic heterocycles. The molecule has 0 bridgehead atoms. The summed E-state index contributed by atoms with van der Waals surface area (Å²) in [4.78, 5) is 11.3. The van der Waals surface area contributed by atoms with Crippen LogP contribution in [0.25, 0.3) is 10.8 Å². The molecule has 0 unspecified atom stereocenters. The van der Waals surface area contributed by atoms with Gasteiger partial charge < -0.3 is 9.94 Å². The Kier molecular flexibility index (Phi) is 4.13. The Morgan fingerprint density at radius 2 is 1.95 bits per heavy atom. The molecule has 98 valence electrons. The second-order valence-corrected chi connectivity index (χ2v) is 4.22. The molecule has 2 aromatic carbocycles. The molecular formula is C15H15NO3. The van der Waals surface area contributed by atoms with Crippen LogP contribution < -0.4 is 0 Å². The number of esters is 1. The summed E-state index contributed by atoms with van der Waals surface area (Å²) in [5.74, 6) is -0.594. The van der Waals surface area contributed by atoms with E-state index in [1.54, 1.807) is 0 Å². The van der Waals surface area contributed by atoms with Crippen LogP contribution in [0.1, 0.15) is 12.0 Å².